The highest BCUT2D eigenvalue weighted by Gasteiger charge is 2.28. The van der Waals surface area contributed by atoms with E-state index in [9.17, 15) is 4.55 Å². The minimum absolute atomic E-state index is 0.126. The van der Waals surface area contributed by atoms with Crippen LogP contribution < -0.4 is 4.72 Å². The van der Waals surface area contributed by atoms with Crippen LogP contribution in [-0.2, 0) is 11.4 Å². The number of rotatable bonds is 3. The molecule has 0 spiro atoms. The molecule has 0 bridgehead atoms. The van der Waals surface area contributed by atoms with Crippen molar-refractivity contribution in [1.82, 2.24) is 4.72 Å². The highest BCUT2D eigenvalue weighted by molar-refractivity contribution is 9.10. The van der Waals surface area contributed by atoms with Gasteiger partial charge >= 0.3 is 0 Å². The fourth-order valence-corrected chi connectivity index (χ4v) is 3.28. The molecule has 0 aromatic carbocycles. The average molecular weight is 310 g/mol. The fourth-order valence-electron chi connectivity index (χ4n) is 0.951. The molecule has 0 saturated carbocycles. The molecule has 0 fully saturated rings. The van der Waals surface area contributed by atoms with E-state index < -0.39 is 11.4 Å². The van der Waals surface area contributed by atoms with Crippen LogP contribution in [0.3, 0.4) is 0 Å². The van der Waals surface area contributed by atoms with Crippen molar-refractivity contribution in [3.05, 3.63) is 20.8 Å². The van der Waals surface area contributed by atoms with Crippen molar-refractivity contribution in [2.24, 2.45) is 0 Å². The molecule has 0 aliphatic carbocycles. The van der Waals surface area contributed by atoms with E-state index in [1.54, 1.807) is 11.3 Å². The van der Waals surface area contributed by atoms with Crippen molar-refractivity contribution < 1.29 is 4.55 Å². The SMILES string of the molecule is C[C@H](N[S+]([O-])C(C)(C)C)c1cc(Br)cs1. The Kier molecular flexibility index (Phi) is 4.67. The van der Waals surface area contributed by atoms with Crippen LogP contribution in [0.25, 0.3) is 0 Å². The maximum Gasteiger partial charge on any atom is 0.136 e. The Hall–Kier alpha value is 0.450. The van der Waals surface area contributed by atoms with Gasteiger partial charge in [0, 0.05) is 26.1 Å². The molecule has 0 aliphatic heterocycles. The zero-order valence-electron chi connectivity index (χ0n) is 9.33. The van der Waals surface area contributed by atoms with Crippen molar-refractivity contribution in [1.29, 1.82) is 0 Å². The van der Waals surface area contributed by atoms with Crippen molar-refractivity contribution >= 4 is 38.6 Å². The summed E-state index contributed by atoms with van der Waals surface area (Å²) in [6.07, 6.45) is 0. The van der Waals surface area contributed by atoms with E-state index in [-0.39, 0.29) is 10.8 Å². The Morgan fingerprint density at radius 2 is 2.13 bits per heavy atom. The van der Waals surface area contributed by atoms with Crippen molar-refractivity contribution in [2.75, 3.05) is 0 Å². The first-order valence-electron chi connectivity index (χ1n) is 4.72. The largest absolute Gasteiger partial charge is 0.598 e. The number of hydrogen-bond donors (Lipinski definition) is 1. The minimum atomic E-state index is -1.02. The normalized spacial score (nSPS) is 16.4. The monoisotopic (exact) mass is 309 g/mol. The molecular formula is C10H16BrNOS2. The predicted octanol–water partition coefficient (Wildman–Crippen LogP) is 3.62. The molecule has 1 aromatic heterocycles. The van der Waals surface area contributed by atoms with Gasteiger partial charge in [-0.3, -0.25) is 0 Å². The van der Waals surface area contributed by atoms with Gasteiger partial charge in [0.15, 0.2) is 0 Å². The Morgan fingerprint density at radius 3 is 2.53 bits per heavy atom. The molecule has 15 heavy (non-hydrogen) atoms. The van der Waals surface area contributed by atoms with Gasteiger partial charge in [0.1, 0.15) is 4.75 Å². The zero-order chi connectivity index (χ0) is 11.6. The highest BCUT2D eigenvalue weighted by atomic mass is 79.9. The maximum absolute atomic E-state index is 11.8. The lowest BCUT2D eigenvalue weighted by molar-refractivity contribution is 0.532. The van der Waals surface area contributed by atoms with Crippen LogP contribution in [0.1, 0.15) is 38.6 Å². The van der Waals surface area contributed by atoms with Crippen LogP contribution in [0, 0.1) is 0 Å². The molecule has 1 aromatic rings. The van der Waals surface area contributed by atoms with Crippen LogP contribution in [0.5, 0.6) is 0 Å². The average Bonchev–Trinajstić information content (AvgIpc) is 2.50. The number of hydrogen-bond acceptors (Lipinski definition) is 3. The lowest BCUT2D eigenvalue weighted by Crippen LogP contribution is -2.40. The first-order valence-corrected chi connectivity index (χ1v) is 7.55. The Bertz CT molecular complexity index is 321. The zero-order valence-corrected chi connectivity index (χ0v) is 12.6. The minimum Gasteiger partial charge on any atom is -0.598 e. The number of nitrogens with one attached hydrogen (secondary N) is 1. The van der Waals surface area contributed by atoms with Gasteiger partial charge in [-0.2, -0.15) is 0 Å². The van der Waals surface area contributed by atoms with Gasteiger partial charge in [-0.15, -0.1) is 16.1 Å². The lowest BCUT2D eigenvalue weighted by atomic mass is 10.3. The van der Waals surface area contributed by atoms with Crippen molar-refractivity contribution in [3.8, 4) is 0 Å². The summed E-state index contributed by atoms with van der Waals surface area (Å²) in [5.41, 5.74) is 0. The molecule has 2 nitrogen and oxygen atoms in total. The van der Waals surface area contributed by atoms with E-state index in [0.29, 0.717) is 0 Å². The summed E-state index contributed by atoms with van der Waals surface area (Å²) in [7, 11) is 0. The summed E-state index contributed by atoms with van der Waals surface area (Å²) in [6, 6.07) is 2.18. The van der Waals surface area contributed by atoms with Gasteiger partial charge in [-0.25, -0.2) is 0 Å². The molecule has 0 aliphatic rings. The van der Waals surface area contributed by atoms with Gasteiger partial charge in [-0.05, 0) is 49.7 Å². The second-order valence-electron chi connectivity index (χ2n) is 4.39. The molecular weight excluding hydrogens is 294 g/mol. The van der Waals surface area contributed by atoms with Crippen LogP contribution in [-0.4, -0.2) is 9.30 Å². The van der Waals surface area contributed by atoms with E-state index in [1.807, 2.05) is 33.1 Å². The van der Waals surface area contributed by atoms with Crippen LogP contribution in [0.2, 0.25) is 0 Å². The summed E-state index contributed by atoms with van der Waals surface area (Å²) in [4.78, 5) is 1.19. The first-order chi connectivity index (χ1) is 6.80. The molecule has 0 amide bonds. The molecule has 1 heterocycles. The van der Waals surface area contributed by atoms with E-state index in [2.05, 4.69) is 26.7 Å². The molecule has 2 atom stereocenters. The van der Waals surface area contributed by atoms with E-state index in [1.165, 1.54) is 4.88 Å². The molecule has 86 valence electrons. The van der Waals surface area contributed by atoms with Gasteiger partial charge < -0.3 is 4.55 Å². The van der Waals surface area contributed by atoms with Crippen molar-refractivity contribution in [3.63, 3.8) is 0 Å². The Balaban J connectivity index is 2.60. The third-order valence-electron chi connectivity index (χ3n) is 1.85. The Morgan fingerprint density at radius 1 is 1.53 bits per heavy atom. The quantitative estimate of drug-likeness (QED) is 0.865. The lowest BCUT2D eigenvalue weighted by Gasteiger charge is -2.26. The predicted molar refractivity (Wildman–Crippen MR) is 71.5 cm³/mol. The molecule has 0 saturated heterocycles. The van der Waals surface area contributed by atoms with Crippen LogP contribution in [0.4, 0.5) is 0 Å². The summed E-state index contributed by atoms with van der Waals surface area (Å²) in [6.45, 7) is 7.93. The van der Waals surface area contributed by atoms with Crippen molar-refractivity contribution in [2.45, 2.75) is 38.5 Å². The summed E-state index contributed by atoms with van der Waals surface area (Å²) >= 11 is 4.06. The molecule has 5 heteroatoms. The second kappa shape index (κ2) is 5.19. The van der Waals surface area contributed by atoms with Gasteiger partial charge in [0.05, 0.1) is 6.04 Å². The van der Waals surface area contributed by atoms with E-state index in [0.717, 1.165) is 4.47 Å². The highest BCUT2D eigenvalue weighted by Crippen LogP contribution is 2.27. The summed E-state index contributed by atoms with van der Waals surface area (Å²) < 4.78 is 15.8. The number of halogens is 1. The standard InChI is InChI=1S/C10H16BrNOS2/c1-7(9-5-8(11)6-14-9)12-15(13)10(2,3)4/h5-7,12H,1-4H3/t7-,15?/m0/s1. The fraction of sp³-hybridized carbons (Fsp3) is 0.600. The van der Waals surface area contributed by atoms with Gasteiger partial charge in [0.25, 0.3) is 0 Å². The third kappa shape index (κ3) is 4.07. The summed E-state index contributed by atoms with van der Waals surface area (Å²) in [5.74, 6) is 0. The second-order valence-corrected chi connectivity index (χ2v) is 8.24. The molecule has 1 N–H and O–H groups in total. The number of thiophene rings is 1. The Labute approximate surface area is 107 Å². The smallest absolute Gasteiger partial charge is 0.136 e. The van der Waals surface area contributed by atoms with Gasteiger partial charge in [0.2, 0.25) is 0 Å². The molecule has 1 unspecified atom stereocenters. The third-order valence-corrected chi connectivity index (χ3v) is 5.41. The van der Waals surface area contributed by atoms with E-state index >= 15 is 0 Å². The van der Waals surface area contributed by atoms with Crippen LogP contribution in [0.15, 0.2) is 15.9 Å². The molecule has 0 radical (unpaired) electrons. The van der Waals surface area contributed by atoms with E-state index in [4.69, 9.17) is 0 Å². The van der Waals surface area contributed by atoms with Crippen LogP contribution >= 0.6 is 27.3 Å². The topological polar surface area (TPSA) is 35.1 Å². The molecule has 1 rings (SSSR count). The first kappa shape index (κ1) is 13.5. The van der Waals surface area contributed by atoms with Gasteiger partial charge in [-0.1, -0.05) is 0 Å². The summed E-state index contributed by atoms with van der Waals surface area (Å²) in [5, 5.41) is 2.04. The maximum atomic E-state index is 11.8.